The van der Waals surface area contributed by atoms with Gasteiger partial charge in [0, 0.05) is 25.7 Å². The maximum atomic E-state index is 5.76. The highest BCUT2D eigenvalue weighted by Crippen LogP contribution is 2.75. The van der Waals surface area contributed by atoms with Gasteiger partial charge in [-0.2, -0.15) is 19.6 Å². The molecular weight excluding hydrogens is 484 g/mol. The van der Waals surface area contributed by atoms with E-state index < -0.39 is 0 Å². The Morgan fingerprint density at radius 3 is 1.00 bits per heavy atom. The van der Waals surface area contributed by atoms with Crippen molar-refractivity contribution >= 4 is 0 Å². The normalized spacial score (nSPS) is 34.9. The van der Waals surface area contributed by atoms with Crippen LogP contribution in [0.1, 0.15) is 161 Å². The molecule has 2 saturated carbocycles. The minimum absolute atomic E-state index is 0.0966. The zero-order valence-electron chi connectivity index (χ0n) is 28.4. The molecule has 2 aliphatic heterocycles. The SMILES string of the molecule is CC(C)(C)CC1CC2(CCC1(CC(C)(C)C)C(C)(C)C1(CC(C)(C)C)CCC3(CC1CC(C)(C)C)OO3)OO2. The van der Waals surface area contributed by atoms with Crippen LogP contribution in [0.25, 0.3) is 0 Å². The van der Waals surface area contributed by atoms with E-state index in [4.69, 9.17) is 19.6 Å². The van der Waals surface area contributed by atoms with Crippen LogP contribution in [0.2, 0.25) is 0 Å². The van der Waals surface area contributed by atoms with Gasteiger partial charge in [0.05, 0.1) is 0 Å². The molecule has 2 aliphatic carbocycles. The molecule has 2 spiro atoms. The standard InChI is InChI=1S/C35H64O4/c1-27(2,3)19-25-21-34(36-37-34)17-15-32(25,23-29(7,8)9)31(13,14)33(24-30(10,11)12)16-18-35(38-39-35)22-26(33)20-28(4,5)6/h25-26H,15-24H2,1-14H3. The van der Waals surface area contributed by atoms with Gasteiger partial charge < -0.3 is 0 Å². The molecule has 4 rings (SSSR count). The molecule has 0 bridgehead atoms. The highest BCUT2D eigenvalue weighted by molar-refractivity contribution is 5.15. The zero-order chi connectivity index (χ0) is 29.6. The van der Waals surface area contributed by atoms with Crippen LogP contribution in [0.5, 0.6) is 0 Å². The van der Waals surface area contributed by atoms with Crippen LogP contribution in [0.4, 0.5) is 0 Å². The van der Waals surface area contributed by atoms with Crippen molar-refractivity contribution < 1.29 is 19.6 Å². The van der Waals surface area contributed by atoms with Gasteiger partial charge >= 0.3 is 0 Å². The van der Waals surface area contributed by atoms with E-state index in [2.05, 4.69) is 96.9 Å². The monoisotopic (exact) mass is 548 g/mol. The van der Waals surface area contributed by atoms with Gasteiger partial charge in [-0.05, 0) is 88.3 Å². The lowest BCUT2D eigenvalue weighted by molar-refractivity contribution is -0.204. The molecule has 0 N–H and O–H groups in total. The van der Waals surface area contributed by atoms with E-state index in [9.17, 15) is 0 Å². The van der Waals surface area contributed by atoms with Gasteiger partial charge in [0.15, 0.2) is 0 Å². The van der Waals surface area contributed by atoms with E-state index in [1.54, 1.807) is 0 Å². The van der Waals surface area contributed by atoms with Gasteiger partial charge in [-0.3, -0.25) is 0 Å². The summed E-state index contributed by atoms with van der Waals surface area (Å²) < 4.78 is 0. The lowest BCUT2D eigenvalue weighted by Gasteiger charge is -2.68. The van der Waals surface area contributed by atoms with Crippen LogP contribution in [0, 0.1) is 49.7 Å². The molecule has 4 unspecified atom stereocenters. The quantitative estimate of drug-likeness (QED) is 0.245. The molecule has 2 saturated heterocycles. The molecule has 4 atom stereocenters. The van der Waals surface area contributed by atoms with E-state index in [0.29, 0.717) is 11.8 Å². The van der Waals surface area contributed by atoms with Crippen LogP contribution in [-0.2, 0) is 19.6 Å². The number of rotatable bonds is 6. The maximum Gasteiger partial charge on any atom is 0.234 e. The Bertz CT molecular complexity index is 808. The molecule has 0 amide bonds. The summed E-state index contributed by atoms with van der Waals surface area (Å²) in [5.74, 6) is 0.419. The highest BCUT2D eigenvalue weighted by atomic mass is 17.4. The molecule has 0 aromatic heterocycles. The predicted octanol–water partition coefficient (Wildman–Crippen LogP) is 10.6. The molecule has 39 heavy (non-hydrogen) atoms. The maximum absolute atomic E-state index is 5.76. The third-order valence-electron chi connectivity index (χ3n) is 11.1. The highest BCUT2D eigenvalue weighted by Gasteiger charge is 2.71. The molecular formula is C35H64O4. The van der Waals surface area contributed by atoms with Gasteiger partial charge in [0.25, 0.3) is 0 Å². The van der Waals surface area contributed by atoms with Gasteiger partial charge in [0.1, 0.15) is 0 Å². The molecule has 228 valence electrons. The second-order valence-electron chi connectivity index (χ2n) is 19.9. The van der Waals surface area contributed by atoms with E-state index in [0.717, 1.165) is 25.7 Å². The van der Waals surface area contributed by atoms with E-state index in [-0.39, 0.29) is 49.5 Å². The Morgan fingerprint density at radius 1 is 0.462 bits per heavy atom. The van der Waals surface area contributed by atoms with Crippen molar-refractivity contribution in [2.45, 2.75) is 173 Å². The first kappa shape index (κ1) is 31.8. The summed E-state index contributed by atoms with van der Waals surface area (Å²) in [6, 6.07) is 0. The van der Waals surface area contributed by atoms with Crippen LogP contribution >= 0.6 is 0 Å². The fraction of sp³-hybridized carbons (Fsp3) is 1.00. The van der Waals surface area contributed by atoms with Crippen LogP contribution < -0.4 is 0 Å². The second kappa shape index (κ2) is 9.42. The van der Waals surface area contributed by atoms with Gasteiger partial charge in [0.2, 0.25) is 11.6 Å². The van der Waals surface area contributed by atoms with Crippen molar-refractivity contribution in [2.24, 2.45) is 49.7 Å². The molecule has 4 fully saturated rings. The van der Waals surface area contributed by atoms with Crippen molar-refractivity contribution in [3.63, 3.8) is 0 Å². The molecule has 0 aromatic carbocycles. The third-order valence-corrected chi connectivity index (χ3v) is 11.1. The summed E-state index contributed by atoms with van der Waals surface area (Å²) in [4.78, 5) is 23.0. The fourth-order valence-electron chi connectivity index (χ4n) is 9.96. The number of hydrogen-bond donors (Lipinski definition) is 0. The summed E-state index contributed by atoms with van der Waals surface area (Å²) in [5.41, 5.74) is 1.39. The average molecular weight is 549 g/mol. The summed E-state index contributed by atoms with van der Waals surface area (Å²) in [5, 5.41) is 0. The van der Waals surface area contributed by atoms with E-state index >= 15 is 0 Å². The number of hydrogen-bond acceptors (Lipinski definition) is 4. The molecule has 4 heteroatoms. The fourth-order valence-corrected chi connectivity index (χ4v) is 9.96. The van der Waals surface area contributed by atoms with Crippen LogP contribution in [0.15, 0.2) is 0 Å². The first-order valence-electron chi connectivity index (χ1n) is 16.1. The Morgan fingerprint density at radius 2 is 0.769 bits per heavy atom. The summed E-state index contributed by atoms with van der Waals surface area (Å²) in [7, 11) is 0. The van der Waals surface area contributed by atoms with Gasteiger partial charge in [-0.15, -0.1) is 0 Å². The third kappa shape index (κ3) is 6.60. The Balaban J connectivity index is 1.91. The molecule has 4 aliphatic rings. The first-order chi connectivity index (χ1) is 17.4. The van der Waals surface area contributed by atoms with Crippen molar-refractivity contribution in [1.29, 1.82) is 0 Å². The Labute approximate surface area is 241 Å². The summed E-state index contributed by atoms with van der Waals surface area (Å²) >= 11 is 0. The average Bonchev–Trinajstić information content (AvgIpc) is 3.61. The minimum atomic E-state index is -0.332. The minimum Gasteiger partial charge on any atom is -0.195 e. The Kier molecular flexibility index (Phi) is 7.67. The molecule has 2 heterocycles. The zero-order valence-corrected chi connectivity index (χ0v) is 28.4. The van der Waals surface area contributed by atoms with Crippen molar-refractivity contribution in [3.05, 3.63) is 0 Å². The smallest absolute Gasteiger partial charge is 0.195 e. The Hall–Kier alpha value is -0.160. The van der Waals surface area contributed by atoms with Crippen molar-refractivity contribution in [3.8, 4) is 0 Å². The van der Waals surface area contributed by atoms with E-state index in [1.807, 2.05) is 0 Å². The largest absolute Gasteiger partial charge is 0.234 e. The van der Waals surface area contributed by atoms with E-state index in [1.165, 1.54) is 38.5 Å². The van der Waals surface area contributed by atoms with Crippen molar-refractivity contribution in [1.82, 2.24) is 0 Å². The molecule has 4 nitrogen and oxygen atoms in total. The molecule has 0 aromatic rings. The summed E-state index contributed by atoms with van der Waals surface area (Å²) in [6.45, 7) is 34.8. The molecule has 0 radical (unpaired) electrons. The van der Waals surface area contributed by atoms with Crippen molar-refractivity contribution in [2.75, 3.05) is 0 Å². The van der Waals surface area contributed by atoms with Gasteiger partial charge in [-0.25, -0.2) is 0 Å². The topological polar surface area (TPSA) is 50.1 Å². The first-order valence-corrected chi connectivity index (χ1v) is 16.1. The second-order valence-corrected chi connectivity index (χ2v) is 19.9. The lowest BCUT2D eigenvalue weighted by atomic mass is 9.36. The lowest BCUT2D eigenvalue weighted by Crippen LogP contribution is -2.62. The summed E-state index contributed by atoms with van der Waals surface area (Å²) in [6.07, 6.45) is 11.3. The predicted molar refractivity (Wildman–Crippen MR) is 159 cm³/mol. The van der Waals surface area contributed by atoms with Crippen LogP contribution in [0.3, 0.4) is 0 Å². The van der Waals surface area contributed by atoms with Crippen LogP contribution in [-0.4, -0.2) is 11.6 Å². The van der Waals surface area contributed by atoms with Gasteiger partial charge in [-0.1, -0.05) is 96.9 Å².